The lowest BCUT2D eigenvalue weighted by Crippen LogP contribution is -2.06. The maximum atomic E-state index is 4.85. The Kier molecular flexibility index (Phi) is 1.73. The molecular weight excluding hydrogens is 244 g/mol. The number of rotatable bonds is 0. The average molecular weight is 254 g/mol. The van der Waals surface area contributed by atoms with E-state index in [1.54, 1.807) is 0 Å². The predicted octanol–water partition coefficient (Wildman–Crippen LogP) is 4.04. The maximum Gasteiger partial charge on any atom is 0.0994 e. The van der Waals surface area contributed by atoms with Gasteiger partial charge in [0.1, 0.15) is 0 Å². The Morgan fingerprint density at radius 2 is 1.60 bits per heavy atom. The summed E-state index contributed by atoms with van der Waals surface area (Å²) in [6.45, 7) is 0. The van der Waals surface area contributed by atoms with Gasteiger partial charge < -0.3 is 0 Å². The third kappa shape index (κ3) is 1.14. The van der Waals surface area contributed by atoms with Crippen molar-refractivity contribution in [1.29, 1.82) is 0 Å². The van der Waals surface area contributed by atoms with Gasteiger partial charge in [0.15, 0.2) is 0 Å². The summed E-state index contributed by atoms with van der Waals surface area (Å²) in [6, 6.07) is 20.9. The highest BCUT2D eigenvalue weighted by Gasteiger charge is 2.18. The van der Waals surface area contributed by atoms with Crippen LogP contribution in [0.1, 0.15) is 0 Å². The van der Waals surface area contributed by atoms with Gasteiger partial charge in [-0.3, -0.25) is 0 Å². The van der Waals surface area contributed by atoms with Gasteiger partial charge in [-0.25, -0.2) is 9.98 Å². The lowest BCUT2D eigenvalue weighted by molar-refractivity contribution is 1.37. The molecule has 0 bridgehead atoms. The third-order valence-corrected chi connectivity index (χ3v) is 3.99. The summed E-state index contributed by atoms with van der Waals surface area (Å²) in [6.07, 6.45) is 0. The zero-order valence-electron chi connectivity index (χ0n) is 10.7. The Bertz CT molecular complexity index is 1040. The Balaban J connectivity index is 2.10. The molecule has 0 unspecified atom stereocenters. The van der Waals surface area contributed by atoms with Crippen molar-refractivity contribution in [3.05, 3.63) is 66.0 Å². The molecule has 3 aromatic carbocycles. The largest absolute Gasteiger partial charge is 0.245 e. The summed E-state index contributed by atoms with van der Waals surface area (Å²) in [5.74, 6) is 0. The van der Waals surface area contributed by atoms with Crippen molar-refractivity contribution >= 4 is 27.4 Å². The summed E-state index contributed by atoms with van der Waals surface area (Å²) in [5.41, 5.74) is 4.20. The standard InChI is InChI=1S/C18H10N2/c1-2-9-14-12(7-1)17-18(19-14)13-8-3-5-11-6-4-10-15(20-17)16(11)13/h1-10H. The summed E-state index contributed by atoms with van der Waals surface area (Å²) in [5, 5.41) is 4.64. The fourth-order valence-corrected chi connectivity index (χ4v) is 3.11. The minimum absolute atomic E-state index is 1.01. The normalized spacial score (nSPS) is 12.4. The fourth-order valence-electron chi connectivity index (χ4n) is 3.11. The second-order valence-corrected chi connectivity index (χ2v) is 5.12. The highest BCUT2D eigenvalue weighted by atomic mass is 14.8. The van der Waals surface area contributed by atoms with Gasteiger partial charge in [0.05, 0.1) is 22.3 Å². The van der Waals surface area contributed by atoms with Crippen molar-refractivity contribution in [1.82, 2.24) is 4.98 Å². The Hall–Kier alpha value is -2.74. The molecule has 92 valence electrons. The highest BCUT2D eigenvalue weighted by molar-refractivity contribution is 6.10. The zero-order chi connectivity index (χ0) is 13.1. The molecule has 4 aromatic rings. The first-order chi connectivity index (χ1) is 9.92. The van der Waals surface area contributed by atoms with Crippen molar-refractivity contribution in [2.75, 3.05) is 0 Å². The quantitative estimate of drug-likeness (QED) is 0.409. The molecule has 0 aliphatic carbocycles. The lowest BCUT2D eigenvalue weighted by atomic mass is 10.0. The molecule has 0 N–H and O–H groups in total. The first-order valence-electron chi connectivity index (χ1n) is 6.71. The third-order valence-electron chi connectivity index (χ3n) is 3.99. The molecule has 1 aliphatic heterocycles. The number of hydrogen-bond donors (Lipinski definition) is 0. The SMILES string of the molecule is c1ccc2c(c1)N=c1c-2nc2cccc3cccc1c32. The molecule has 0 fully saturated rings. The van der Waals surface area contributed by atoms with Crippen LogP contribution in [-0.2, 0) is 0 Å². The van der Waals surface area contributed by atoms with Gasteiger partial charge in [0.25, 0.3) is 0 Å². The van der Waals surface area contributed by atoms with Crippen LogP contribution in [0.3, 0.4) is 0 Å². The van der Waals surface area contributed by atoms with Gasteiger partial charge in [-0.2, -0.15) is 0 Å². The lowest BCUT2D eigenvalue weighted by Gasteiger charge is -2.06. The van der Waals surface area contributed by atoms with Crippen molar-refractivity contribution in [3.8, 4) is 11.3 Å². The Labute approximate surface area is 115 Å². The molecule has 0 spiro atoms. The van der Waals surface area contributed by atoms with Crippen LogP contribution in [0.2, 0.25) is 0 Å². The Morgan fingerprint density at radius 1 is 0.750 bits per heavy atom. The number of hydrogen-bond acceptors (Lipinski definition) is 2. The van der Waals surface area contributed by atoms with E-state index in [4.69, 9.17) is 9.98 Å². The van der Waals surface area contributed by atoms with Crippen LogP contribution >= 0.6 is 0 Å². The van der Waals surface area contributed by atoms with Gasteiger partial charge in [-0.05, 0) is 17.5 Å². The van der Waals surface area contributed by atoms with Crippen LogP contribution in [0, 0.1) is 0 Å². The second-order valence-electron chi connectivity index (χ2n) is 5.12. The molecule has 0 saturated carbocycles. The molecule has 2 heterocycles. The number of fused-ring (bicyclic) bond motifs is 4. The van der Waals surface area contributed by atoms with Crippen molar-refractivity contribution in [2.24, 2.45) is 4.99 Å². The summed E-state index contributed by atoms with van der Waals surface area (Å²) in [4.78, 5) is 9.64. The molecule has 1 aromatic heterocycles. The first-order valence-corrected chi connectivity index (χ1v) is 6.71. The van der Waals surface area contributed by atoms with Crippen LogP contribution < -0.4 is 5.36 Å². The monoisotopic (exact) mass is 254 g/mol. The molecule has 2 heteroatoms. The summed E-state index contributed by atoms with van der Waals surface area (Å²) < 4.78 is 0. The van der Waals surface area contributed by atoms with Crippen LogP contribution in [0.15, 0.2) is 65.7 Å². The van der Waals surface area contributed by atoms with E-state index in [9.17, 15) is 0 Å². The minimum Gasteiger partial charge on any atom is -0.245 e. The number of para-hydroxylation sites is 1. The zero-order valence-corrected chi connectivity index (χ0v) is 10.7. The molecule has 5 rings (SSSR count). The molecule has 2 nitrogen and oxygen atoms in total. The summed E-state index contributed by atoms with van der Waals surface area (Å²) >= 11 is 0. The second kappa shape index (κ2) is 3.42. The van der Waals surface area contributed by atoms with Crippen molar-refractivity contribution in [3.63, 3.8) is 0 Å². The number of nitrogens with zero attached hydrogens (tertiary/aromatic N) is 2. The number of pyridine rings is 1. The molecule has 0 atom stereocenters. The molecule has 0 radical (unpaired) electrons. The number of benzene rings is 3. The Morgan fingerprint density at radius 3 is 2.55 bits per heavy atom. The van der Waals surface area contributed by atoms with E-state index in [0.717, 1.165) is 27.8 Å². The smallest absolute Gasteiger partial charge is 0.0994 e. The van der Waals surface area contributed by atoms with E-state index >= 15 is 0 Å². The fraction of sp³-hybridized carbons (Fsp3) is 0. The minimum atomic E-state index is 1.01. The first kappa shape index (κ1) is 10.1. The molecule has 0 amide bonds. The topological polar surface area (TPSA) is 25.2 Å². The van der Waals surface area contributed by atoms with Crippen molar-refractivity contribution in [2.45, 2.75) is 0 Å². The van der Waals surface area contributed by atoms with Gasteiger partial charge in [-0.1, -0.05) is 48.5 Å². The molecule has 20 heavy (non-hydrogen) atoms. The summed E-state index contributed by atoms with van der Waals surface area (Å²) in [7, 11) is 0. The van der Waals surface area contributed by atoms with E-state index in [1.165, 1.54) is 16.2 Å². The van der Waals surface area contributed by atoms with E-state index in [-0.39, 0.29) is 0 Å². The average Bonchev–Trinajstić information content (AvgIpc) is 2.87. The van der Waals surface area contributed by atoms with E-state index in [0.29, 0.717) is 0 Å². The highest BCUT2D eigenvalue weighted by Crippen LogP contribution is 2.34. The van der Waals surface area contributed by atoms with Crippen LogP contribution in [-0.4, -0.2) is 4.98 Å². The van der Waals surface area contributed by atoms with Gasteiger partial charge in [0, 0.05) is 16.3 Å². The van der Waals surface area contributed by atoms with Gasteiger partial charge in [-0.15, -0.1) is 0 Å². The maximum absolute atomic E-state index is 4.85. The van der Waals surface area contributed by atoms with Gasteiger partial charge >= 0.3 is 0 Å². The van der Waals surface area contributed by atoms with Crippen LogP contribution in [0.25, 0.3) is 32.9 Å². The molecular formula is C18H10N2. The number of aromatic nitrogens is 1. The predicted molar refractivity (Wildman–Crippen MR) is 81.1 cm³/mol. The van der Waals surface area contributed by atoms with E-state index < -0.39 is 0 Å². The molecule has 1 aliphatic rings. The molecule has 0 saturated heterocycles. The van der Waals surface area contributed by atoms with Crippen molar-refractivity contribution < 1.29 is 0 Å². The van der Waals surface area contributed by atoms with E-state index in [2.05, 4.69) is 42.5 Å². The van der Waals surface area contributed by atoms with Gasteiger partial charge in [0.2, 0.25) is 0 Å². The van der Waals surface area contributed by atoms with Crippen LogP contribution in [0.4, 0.5) is 5.69 Å². The van der Waals surface area contributed by atoms with E-state index in [1.807, 2.05) is 18.2 Å². The van der Waals surface area contributed by atoms with Crippen LogP contribution in [0.5, 0.6) is 0 Å².